The van der Waals surface area contributed by atoms with E-state index in [1.165, 1.54) is 0 Å². The van der Waals surface area contributed by atoms with Gasteiger partial charge in [-0.05, 0) is 76.0 Å². The highest BCUT2D eigenvalue weighted by Gasteiger charge is 2.48. The summed E-state index contributed by atoms with van der Waals surface area (Å²) in [7, 11) is 2.08. The van der Waals surface area contributed by atoms with E-state index in [1.54, 1.807) is 6.20 Å². The van der Waals surface area contributed by atoms with Crippen molar-refractivity contribution < 1.29 is 14.3 Å². The first kappa shape index (κ1) is 30.1. The highest BCUT2D eigenvalue weighted by Crippen LogP contribution is 2.45. The Kier molecular flexibility index (Phi) is 8.84. The summed E-state index contributed by atoms with van der Waals surface area (Å²) in [5.74, 6) is 0.570. The molecular formula is C35H44N6O3. The zero-order valence-electron chi connectivity index (χ0n) is 26.2. The number of likely N-dealkylation sites (tertiary alicyclic amines) is 1. The number of nitrogens with zero attached hydrogens (tertiary/aromatic N) is 5. The van der Waals surface area contributed by atoms with Crippen molar-refractivity contribution in [1.29, 1.82) is 0 Å². The van der Waals surface area contributed by atoms with E-state index in [9.17, 15) is 9.59 Å². The van der Waals surface area contributed by atoms with Crippen LogP contribution in [0, 0.1) is 0 Å². The van der Waals surface area contributed by atoms with Crippen molar-refractivity contribution in [2.24, 2.45) is 0 Å². The zero-order valence-corrected chi connectivity index (χ0v) is 26.2. The van der Waals surface area contributed by atoms with Crippen molar-refractivity contribution in [1.82, 2.24) is 25.1 Å². The number of pyridine rings is 2. The van der Waals surface area contributed by atoms with Crippen molar-refractivity contribution in [3.63, 3.8) is 0 Å². The Morgan fingerprint density at radius 2 is 1.82 bits per heavy atom. The fourth-order valence-electron chi connectivity index (χ4n) is 7.07. The van der Waals surface area contributed by atoms with Gasteiger partial charge in [0.15, 0.2) is 5.69 Å². The second-order valence-corrected chi connectivity index (χ2v) is 12.4. The summed E-state index contributed by atoms with van der Waals surface area (Å²) >= 11 is 0. The van der Waals surface area contributed by atoms with Gasteiger partial charge in [0.25, 0.3) is 5.91 Å². The monoisotopic (exact) mass is 596 g/mol. The predicted molar refractivity (Wildman–Crippen MR) is 172 cm³/mol. The molecule has 0 bridgehead atoms. The maximum Gasteiger partial charge on any atom is 0.272 e. The van der Waals surface area contributed by atoms with Gasteiger partial charge in [0, 0.05) is 44.5 Å². The average Bonchev–Trinajstić information content (AvgIpc) is 3.45. The van der Waals surface area contributed by atoms with Crippen molar-refractivity contribution in [3.05, 3.63) is 72.1 Å². The van der Waals surface area contributed by atoms with Gasteiger partial charge in [-0.15, -0.1) is 0 Å². The van der Waals surface area contributed by atoms with E-state index in [4.69, 9.17) is 9.72 Å². The van der Waals surface area contributed by atoms with E-state index in [2.05, 4.69) is 51.1 Å². The summed E-state index contributed by atoms with van der Waals surface area (Å²) in [4.78, 5) is 44.0. The van der Waals surface area contributed by atoms with E-state index >= 15 is 0 Å². The molecule has 4 heterocycles. The fourth-order valence-corrected chi connectivity index (χ4v) is 7.07. The molecule has 9 nitrogen and oxygen atoms in total. The Morgan fingerprint density at radius 3 is 2.50 bits per heavy atom. The van der Waals surface area contributed by atoms with Gasteiger partial charge in [0.1, 0.15) is 0 Å². The number of hydrogen-bond acceptors (Lipinski definition) is 7. The minimum atomic E-state index is -0.410. The molecule has 1 N–H and O–H groups in total. The molecule has 232 valence electrons. The SMILES string of the molecule is CCOc1ncccc1-c1ccc(N2CCN(C(=O)C3(c4ccccc4)CCC3)C[C@H]2CC)c(C(=O)N[C@@H]2CCN(C)C2)n1. The summed E-state index contributed by atoms with van der Waals surface area (Å²) in [6.45, 7) is 8.21. The number of likely N-dealkylation sites (N-methyl/N-ethyl adjacent to an activating group) is 1. The van der Waals surface area contributed by atoms with E-state index < -0.39 is 5.41 Å². The number of piperazine rings is 1. The summed E-state index contributed by atoms with van der Waals surface area (Å²) in [6, 6.07) is 18.2. The molecule has 0 radical (unpaired) electrons. The molecule has 2 saturated heterocycles. The molecule has 1 aromatic carbocycles. The maximum atomic E-state index is 14.1. The molecule has 1 saturated carbocycles. The average molecular weight is 597 g/mol. The lowest BCUT2D eigenvalue weighted by molar-refractivity contribution is -0.141. The smallest absolute Gasteiger partial charge is 0.272 e. The van der Waals surface area contributed by atoms with Crippen LogP contribution in [0.2, 0.25) is 0 Å². The summed E-state index contributed by atoms with van der Waals surface area (Å²) in [6.07, 6.45) is 6.33. The minimum absolute atomic E-state index is 0.0646. The van der Waals surface area contributed by atoms with E-state index in [0.717, 1.165) is 62.0 Å². The molecule has 2 atom stereocenters. The Morgan fingerprint density at radius 1 is 1.00 bits per heavy atom. The Hall–Kier alpha value is -3.98. The highest BCUT2D eigenvalue weighted by molar-refractivity contribution is 5.99. The largest absolute Gasteiger partial charge is 0.477 e. The topological polar surface area (TPSA) is 90.9 Å². The standard InChI is InChI=1S/C35H44N6O3/c1-4-27-24-40(34(43)35(17-10-18-35)25-11-7-6-8-12-25)21-22-41(27)30-15-14-29(28-13-9-19-36-33(28)44-5-2)38-31(30)32(42)37-26-16-20-39(3)23-26/h6-9,11-15,19,26-27H,4-5,10,16-18,20-24H2,1-3H3,(H,37,42)/t26-,27-/m1/s1. The number of amides is 2. The quantitative estimate of drug-likeness (QED) is 0.388. The lowest BCUT2D eigenvalue weighted by Gasteiger charge is -2.48. The molecule has 9 heteroatoms. The van der Waals surface area contributed by atoms with Gasteiger partial charge in [-0.1, -0.05) is 43.7 Å². The van der Waals surface area contributed by atoms with Crippen LogP contribution < -0.4 is 15.0 Å². The Bertz CT molecular complexity index is 1480. The van der Waals surface area contributed by atoms with Crippen LogP contribution in [0.4, 0.5) is 5.69 Å². The highest BCUT2D eigenvalue weighted by atomic mass is 16.5. The zero-order chi connectivity index (χ0) is 30.7. The van der Waals surface area contributed by atoms with Crippen molar-refractivity contribution in [2.45, 2.75) is 63.5 Å². The Balaban J connectivity index is 1.30. The first-order chi connectivity index (χ1) is 21.4. The van der Waals surface area contributed by atoms with Crippen LogP contribution in [0.15, 0.2) is 60.8 Å². The number of nitrogens with one attached hydrogen (secondary N) is 1. The molecule has 3 aromatic rings. The first-order valence-electron chi connectivity index (χ1n) is 16.1. The maximum absolute atomic E-state index is 14.1. The van der Waals surface area contributed by atoms with Gasteiger partial charge >= 0.3 is 0 Å². The molecule has 44 heavy (non-hydrogen) atoms. The number of carbonyl (C=O) groups is 2. The van der Waals surface area contributed by atoms with Crippen LogP contribution in [0.5, 0.6) is 5.88 Å². The number of rotatable bonds is 9. The van der Waals surface area contributed by atoms with Gasteiger partial charge in [-0.2, -0.15) is 0 Å². The number of carbonyl (C=O) groups excluding carboxylic acids is 2. The second-order valence-electron chi connectivity index (χ2n) is 12.4. The van der Waals surface area contributed by atoms with Crippen molar-refractivity contribution in [3.8, 4) is 17.1 Å². The molecule has 2 amide bonds. The van der Waals surface area contributed by atoms with Crippen molar-refractivity contribution >= 4 is 17.5 Å². The Labute approximate surface area is 260 Å². The van der Waals surface area contributed by atoms with Gasteiger partial charge in [0.2, 0.25) is 11.8 Å². The first-order valence-corrected chi connectivity index (χ1v) is 16.1. The fraction of sp³-hybridized carbons (Fsp3) is 0.486. The molecule has 2 aliphatic heterocycles. The number of aromatic nitrogens is 2. The van der Waals surface area contributed by atoms with Crippen LogP contribution in [0.25, 0.3) is 11.3 Å². The summed E-state index contributed by atoms with van der Waals surface area (Å²) in [5.41, 5.74) is 3.33. The van der Waals surface area contributed by atoms with Crippen LogP contribution in [-0.4, -0.2) is 90.0 Å². The molecule has 2 aromatic heterocycles. The minimum Gasteiger partial charge on any atom is -0.477 e. The third-order valence-corrected chi connectivity index (χ3v) is 9.64. The van der Waals surface area contributed by atoms with Gasteiger partial charge in [0.05, 0.1) is 29.0 Å². The lowest BCUT2D eigenvalue weighted by atomic mass is 9.63. The predicted octanol–water partition coefficient (Wildman–Crippen LogP) is 4.53. The second kappa shape index (κ2) is 12.9. The van der Waals surface area contributed by atoms with Crippen molar-refractivity contribution in [2.75, 3.05) is 51.3 Å². The molecule has 0 spiro atoms. The molecule has 3 aliphatic rings. The van der Waals surface area contributed by atoms with Gasteiger partial charge in [-0.3, -0.25) is 9.59 Å². The van der Waals surface area contributed by atoms with Gasteiger partial charge in [-0.25, -0.2) is 9.97 Å². The summed E-state index contributed by atoms with van der Waals surface area (Å²) in [5, 5.41) is 3.26. The third-order valence-electron chi connectivity index (χ3n) is 9.64. The van der Waals surface area contributed by atoms with Crippen LogP contribution >= 0.6 is 0 Å². The van der Waals surface area contributed by atoms with Crippen LogP contribution in [-0.2, 0) is 10.2 Å². The normalized spacial score (nSPS) is 21.5. The number of benzene rings is 1. The number of ether oxygens (including phenoxy) is 1. The van der Waals surface area contributed by atoms with Crippen LogP contribution in [0.1, 0.15) is 62.0 Å². The molecule has 0 unspecified atom stereocenters. The third kappa shape index (κ3) is 5.77. The molecule has 6 rings (SSSR count). The van der Waals surface area contributed by atoms with E-state index in [1.807, 2.05) is 49.4 Å². The molecule has 1 aliphatic carbocycles. The van der Waals surface area contributed by atoms with Gasteiger partial charge < -0.3 is 24.8 Å². The number of hydrogen-bond donors (Lipinski definition) is 1. The number of anilines is 1. The summed E-state index contributed by atoms with van der Waals surface area (Å²) < 4.78 is 5.79. The van der Waals surface area contributed by atoms with E-state index in [-0.39, 0.29) is 23.9 Å². The lowest BCUT2D eigenvalue weighted by Crippen LogP contribution is -2.60. The van der Waals surface area contributed by atoms with E-state index in [0.29, 0.717) is 43.5 Å². The molecular weight excluding hydrogens is 552 g/mol. The van der Waals surface area contributed by atoms with Crippen LogP contribution in [0.3, 0.4) is 0 Å². The molecule has 3 fully saturated rings.